The maximum atomic E-state index is 11.7. The molecule has 0 aliphatic carbocycles. The number of aromatic nitrogens is 1. The molecule has 0 saturated heterocycles. The highest BCUT2D eigenvalue weighted by atomic mass is 35.5. The van der Waals surface area contributed by atoms with Crippen LogP contribution in [-0.4, -0.2) is 16.7 Å². The van der Waals surface area contributed by atoms with E-state index in [0.717, 1.165) is 11.3 Å². The predicted molar refractivity (Wildman–Crippen MR) is 86.8 cm³/mol. The molecule has 3 N–H and O–H groups in total. The Morgan fingerprint density at radius 2 is 2.14 bits per heavy atom. The molecule has 1 aromatic carbocycles. The zero-order valence-corrected chi connectivity index (χ0v) is 13.5. The minimum absolute atomic E-state index is 0.407. The van der Waals surface area contributed by atoms with Gasteiger partial charge in [0, 0.05) is 10.9 Å². The van der Waals surface area contributed by atoms with Gasteiger partial charge in [-0.15, -0.1) is 11.3 Å². The molecule has 1 aromatic heterocycles. The number of hydrogen-bond acceptors (Lipinski definition) is 5. The molecule has 5 nitrogen and oxygen atoms in total. The lowest BCUT2D eigenvalue weighted by Crippen LogP contribution is -2.27. The van der Waals surface area contributed by atoms with E-state index in [2.05, 4.69) is 10.3 Å². The number of nitrogens with two attached hydrogens (primary N) is 1. The van der Waals surface area contributed by atoms with E-state index in [0.29, 0.717) is 15.8 Å². The highest BCUT2D eigenvalue weighted by Crippen LogP contribution is 2.30. The first-order chi connectivity index (χ1) is 9.74. The molecule has 0 bridgehead atoms. The van der Waals surface area contributed by atoms with Crippen LogP contribution in [0.25, 0.3) is 11.3 Å². The first-order valence-corrected chi connectivity index (χ1v) is 7.51. The van der Waals surface area contributed by atoms with Crippen LogP contribution in [0.5, 0.6) is 0 Å². The number of benzene rings is 1. The summed E-state index contributed by atoms with van der Waals surface area (Å²) in [5, 5.41) is 5.37. The Kier molecular flexibility index (Phi) is 4.39. The van der Waals surface area contributed by atoms with Gasteiger partial charge in [-0.3, -0.25) is 5.32 Å². The van der Waals surface area contributed by atoms with Gasteiger partial charge in [-0.2, -0.15) is 0 Å². The molecule has 1 heterocycles. The number of rotatable bonds is 2. The number of hydrogen-bond donors (Lipinski definition) is 2. The molecular weight excluding hydrogens is 310 g/mol. The average molecular weight is 326 g/mol. The Balaban J connectivity index is 2.15. The Labute approximate surface area is 132 Å². The van der Waals surface area contributed by atoms with Crippen molar-refractivity contribution in [2.75, 3.05) is 11.1 Å². The second kappa shape index (κ2) is 5.91. The van der Waals surface area contributed by atoms with Gasteiger partial charge < -0.3 is 10.5 Å². The van der Waals surface area contributed by atoms with Crippen LogP contribution >= 0.6 is 22.9 Å². The van der Waals surface area contributed by atoms with E-state index in [4.69, 9.17) is 22.1 Å². The lowest BCUT2D eigenvalue weighted by atomic mass is 10.1. The van der Waals surface area contributed by atoms with Gasteiger partial charge in [0.15, 0.2) is 5.13 Å². The number of nitrogens with one attached hydrogen (secondary N) is 1. The first kappa shape index (κ1) is 15.6. The molecule has 2 rings (SSSR count). The summed E-state index contributed by atoms with van der Waals surface area (Å²) in [7, 11) is 0. The van der Waals surface area contributed by atoms with E-state index in [1.807, 2.05) is 11.4 Å². The van der Waals surface area contributed by atoms with Crippen LogP contribution in [0.15, 0.2) is 23.6 Å². The average Bonchev–Trinajstić information content (AvgIpc) is 2.76. The van der Waals surface area contributed by atoms with E-state index in [9.17, 15) is 4.79 Å². The van der Waals surface area contributed by atoms with Crippen LogP contribution in [-0.2, 0) is 4.74 Å². The summed E-state index contributed by atoms with van der Waals surface area (Å²) in [6.07, 6.45) is -0.546. The first-order valence-electron chi connectivity index (χ1n) is 6.25. The number of anilines is 2. The Bertz CT molecular complexity index is 664. The topological polar surface area (TPSA) is 77.2 Å². The largest absolute Gasteiger partial charge is 0.444 e. The van der Waals surface area contributed by atoms with Gasteiger partial charge in [0.05, 0.1) is 16.4 Å². The molecule has 0 aliphatic heterocycles. The van der Waals surface area contributed by atoms with Crippen LogP contribution in [0.3, 0.4) is 0 Å². The second-order valence-corrected chi connectivity index (χ2v) is 6.69. The molecule has 7 heteroatoms. The number of nitrogen functional groups attached to an aromatic ring is 1. The van der Waals surface area contributed by atoms with Crippen LogP contribution < -0.4 is 11.1 Å². The quantitative estimate of drug-likeness (QED) is 0.858. The van der Waals surface area contributed by atoms with E-state index < -0.39 is 11.7 Å². The van der Waals surface area contributed by atoms with Crippen molar-refractivity contribution in [3.8, 4) is 11.3 Å². The highest BCUT2D eigenvalue weighted by molar-refractivity contribution is 7.13. The zero-order valence-electron chi connectivity index (χ0n) is 11.9. The summed E-state index contributed by atoms with van der Waals surface area (Å²) in [6, 6.07) is 5.24. The molecule has 0 radical (unpaired) electrons. The fraction of sp³-hybridized carbons (Fsp3) is 0.286. The number of carbonyl (C=O) groups is 1. The fourth-order valence-corrected chi connectivity index (χ4v) is 2.41. The standard InChI is InChI=1S/C14H16ClN3O2S/c1-14(2,3)20-13(19)18-10-5-4-8(6-9(10)15)11-7-21-12(16)17-11/h4-7H,1-3H3,(H2,16,17)(H,18,19). The van der Waals surface area contributed by atoms with Gasteiger partial charge in [0.1, 0.15) is 5.60 Å². The molecule has 21 heavy (non-hydrogen) atoms. The Hall–Kier alpha value is -1.79. The summed E-state index contributed by atoms with van der Waals surface area (Å²) >= 11 is 7.54. The van der Waals surface area contributed by atoms with Gasteiger partial charge in [0.2, 0.25) is 0 Å². The van der Waals surface area contributed by atoms with Crippen LogP contribution in [0.2, 0.25) is 5.02 Å². The normalized spacial score (nSPS) is 11.2. The van der Waals surface area contributed by atoms with Crippen LogP contribution in [0.4, 0.5) is 15.6 Å². The number of carbonyl (C=O) groups excluding carboxylic acids is 1. The van der Waals surface area contributed by atoms with E-state index in [-0.39, 0.29) is 0 Å². The number of ether oxygens (including phenoxy) is 1. The van der Waals surface area contributed by atoms with Crippen molar-refractivity contribution in [1.82, 2.24) is 4.98 Å². The van der Waals surface area contributed by atoms with Crippen molar-refractivity contribution in [2.24, 2.45) is 0 Å². The number of amides is 1. The summed E-state index contributed by atoms with van der Waals surface area (Å²) < 4.78 is 5.18. The minimum Gasteiger partial charge on any atom is -0.444 e. The molecule has 0 unspecified atom stereocenters. The third-order valence-corrected chi connectivity index (χ3v) is 3.41. The molecule has 0 spiro atoms. The van der Waals surface area contributed by atoms with E-state index in [1.165, 1.54) is 11.3 Å². The molecule has 1 amide bonds. The molecule has 0 atom stereocenters. The van der Waals surface area contributed by atoms with E-state index >= 15 is 0 Å². The maximum Gasteiger partial charge on any atom is 0.412 e. The van der Waals surface area contributed by atoms with Crippen LogP contribution in [0, 0.1) is 0 Å². The van der Waals surface area contributed by atoms with Crippen molar-refractivity contribution >= 4 is 39.8 Å². The van der Waals surface area contributed by atoms with Gasteiger partial charge >= 0.3 is 6.09 Å². The summed E-state index contributed by atoms with van der Waals surface area (Å²) in [6.45, 7) is 5.39. The smallest absolute Gasteiger partial charge is 0.412 e. The monoisotopic (exact) mass is 325 g/mol. The molecule has 0 fully saturated rings. The van der Waals surface area contributed by atoms with Gasteiger partial charge in [-0.1, -0.05) is 17.7 Å². The van der Waals surface area contributed by atoms with Crippen molar-refractivity contribution in [2.45, 2.75) is 26.4 Å². The fourth-order valence-electron chi connectivity index (χ4n) is 1.61. The lowest BCUT2D eigenvalue weighted by molar-refractivity contribution is 0.0636. The third kappa shape index (κ3) is 4.34. The van der Waals surface area contributed by atoms with E-state index in [1.54, 1.807) is 32.9 Å². The van der Waals surface area contributed by atoms with Crippen molar-refractivity contribution in [3.05, 3.63) is 28.6 Å². The Morgan fingerprint density at radius 1 is 1.43 bits per heavy atom. The second-order valence-electron chi connectivity index (χ2n) is 5.39. The van der Waals surface area contributed by atoms with Crippen LogP contribution in [0.1, 0.15) is 20.8 Å². The molecular formula is C14H16ClN3O2S. The number of nitrogens with zero attached hydrogens (tertiary/aromatic N) is 1. The van der Waals surface area contributed by atoms with Gasteiger partial charge in [0.25, 0.3) is 0 Å². The highest BCUT2D eigenvalue weighted by Gasteiger charge is 2.17. The lowest BCUT2D eigenvalue weighted by Gasteiger charge is -2.20. The van der Waals surface area contributed by atoms with Gasteiger partial charge in [-0.25, -0.2) is 9.78 Å². The zero-order chi connectivity index (χ0) is 15.6. The number of halogens is 1. The SMILES string of the molecule is CC(C)(C)OC(=O)Nc1ccc(-c2csc(N)n2)cc1Cl. The minimum atomic E-state index is -0.561. The third-order valence-electron chi connectivity index (χ3n) is 2.42. The van der Waals surface area contributed by atoms with Crippen molar-refractivity contribution in [3.63, 3.8) is 0 Å². The summed E-state index contributed by atoms with van der Waals surface area (Å²) in [5.41, 5.74) is 7.12. The Morgan fingerprint density at radius 3 is 2.67 bits per heavy atom. The van der Waals surface area contributed by atoms with Gasteiger partial charge in [-0.05, 0) is 32.9 Å². The maximum absolute atomic E-state index is 11.7. The number of thiazole rings is 1. The summed E-state index contributed by atoms with van der Waals surface area (Å²) in [4.78, 5) is 15.9. The molecule has 2 aromatic rings. The predicted octanol–water partition coefficient (Wildman–Crippen LogP) is 4.39. The molecule has 112 valence electrons. The molecule has 0 aliphatic rings. The van der Waals surface area contributed by atoms with Crippen molar-refractivity contribution < 1.29 is 9.53 Å². The molecule has 0 saturated carbocycles. The summed E-state index contributed by atoms with van der Waals surface area (Å²) in [5.74, 6) is 0. The van der Waals surface area contributed by atoms with Crippen molar-refractivity contribution in [1.29, 1.82) is 0 Å².